The average molecular weight is 174 g/mol. The maximum Gasteiger partial charge on any atom is 0.199 e. The molecule has 1 aromatic rings. The first kappa shape index (κ1) is 8.20. The van der Waals surface area contributed by atoms with Crippen LogP contribution in [0.4, 0.5) is 0 Å². The number of Topliss-reactive ketones (excluding diaryl/α,β-unsaturated/α-hetero) is 1. The van der Waals surface area contributed by atoms with Crippen LogP contribution in [0.15, 0.2) is 0 Å². The van der Waals surface area contributed by atoms with Crippen molar-refractivity contribution in [2.24, 2.45) is 7.05 Å². The van der Waals surface area contributed by atoms with E-state index in [-0.39, 0.29) is 11.7 Å². The summed E-state index contributed by atoms with van der Waals surface area (Å²) in [5.41, 5.74) is 0.987. The molecule has 0 N–H and O–H groups in total. The van der Waals surface area contributed by atoms with E-state index in [1.807, 2.05) is 0 Å². The quantitative estimate of drug-likeness (QED) is 0.485. The molecule has 0 aliphatic carbocycles. The molecule has 0 radical (unpaired) electrons. The number of aryl methyl sites for hydroxylation is 2. The second-order valence-electron chi connectivity index (χ2n) is 2.18. The van der Waals surface area contributed by atoms with Crippen molar-refractivity contribution in [3.05, 3.63) is 11.4 Å². The Labute approximate surface area is 69.2 Å². The van der Waals surface area contributed by atoms with Crippen LogP contribution in [0.25, 0.3) is 0 Å². The van der Waals surface area contributed by atoms with Crippen molar-refractivity contribution in [3.63, 3.8) is 0 Å². The number of rotatable bonds is 2. The lowest BCUT2D eigenvalue weighted by atomic mass is 10.3. The number of hydrogen-bond donors (Lipinski definition) is 0. The zero-order valence-electron chi connectivity index (χ0n) is 6.33. The Hall–Kier alpha value is -0.900. The Morgan fingerprint density at radius 1 is 1.64 bits per heavy atom. The number of aromatic nitrogens is 3. The highest BCUT2D eigenvalue weighted by molar-refractivity contribution is 6.30. The van der Waals surface area contributed by atoms with Crippen LogP contribution in [0.5, 0.6) is 0 Å². The number of nitrogens with zero attached hydrogens (tertiary/aromatic N) is 3. The molecule has 0 atom stereocenters. The molecule has 0 saturated carbocycles. The van der Waals surface area contributed by atoms with E-state index in [0.717, 1.165) is 0 Å². The average Bonchev–Trinajstić information content (AvgIpc) is 2.28. The second kappa shape index (κ2) is 3.00. The maximum atomic E-state index is 11.0. The van der Waals surface area contributed by atoms with Crippen LogP contribution >= 0.6 is 11.6 Å². The summed E-state index contributed by atoms with van der Waals surface area (Å²) < 4.78 is 0. The molecule has 1 aromatic heterocycles. The lowest BCUT2D eigenvalue weighted by Crippen LogP contribution is -2.03. The molecule has 0 aliphatic rings. The van der Waals surface area contributed by atoms with E-state index < -0.39 is 0 Å². The normalized spacial score (nSPS) is 10.1. The van der Waals surface area contributed by atoms with E-state index in [1.165, 1.54) is 4.80 Å². The second-order valence-corrected chi connectivity index (χ2v) is 2.45. The molecule has 4 nitrogen and oxygen atoms in total. The number of hydrogen-bond acceptors (Lipinski definition) is 3. The van der Waals surface area contributed by atoms with Gasteiger partial charge >= 0.3 is 0 Å². The van der Waals surface area contributed by atoms with Gasteiger partial charge in [0.1, 0.15) is 0 Å². The van der Waals surface area contributed by atoms with E-state index in [9.17, 15) is 4.79 Å². The van der Waals surface area contributed by atoms with Crippen LogP contribution < -0.4 is 0 Å². The summed E-state index contributed by atoms with van der Waals surface area (Å²) in [5.74, 6) is -0.225. The van der Waals surface area contributed by atoms with Gasteiger partial charge in [0.2, 0.25) is 0 Å². The Morgan fingerprint density at radius 3 is 2.64 bits per heavy atom. The van der Waals surface area contributed by atoms with Crippen molar-refractivity contribution >= 4 is 17.4 Å². The third-order valence-electron chi connectivity index (χ3n) is 1.27. The molecule has 60 valence electrons. The van der Waals surface area contributed by atoms with Crippen LogP contribution in [0, 0.1) is 6.92 Å². The minimum Gasteiger partial charge on any atom is -0.291 e. The summed E-state index contributed by atoms with van der Waals surface area (Å²) >= 11 is 5.34. The number of alkyl halides is 1. The van der Waals surface area contributed by atoms with Crippen molar-refractivity contribution < 1.29 is 4.79 Å². The minimum atomic E-state index is -0.183. The molecular weight excluding hydrogens is 166 g/mol. The van der Waals surface area contributed by atoms with Crippen molar-refractivity contribution in [3.8, 4) is 0 Å². The largest absolute Gasteiger partial charge is 0.291 e. The lowest BCUT2D eigenvalue weighted by molar-refractivity contribution is 0.101. The van der Waals surface area contributed by atoms with E-state index in [0.29, 0.717) is 11.4 Å². The molecule has 1 heterocycles. The first-order chi connectivity index (χ1) is 5.15. The highest BCUT2D eigenvalue weighted by Gasteiger charge is 2.12. The third kappa shape index (κ3) is 1.57. The smallest absolute Gasteiger partial charge is 0.199 e. The molecule has 11 heavy (non-hydrogen) atoms. The van der Waals surface area contributed by atoms with Crippen LogP contribution in [-0.2, 0) is 7.05 Å². The monoisotopic (exact) mass is 173 g/mol. The Kier molecular flexibility index (Phi) is 2.24. The maximum absolute atomic E-state index is 11.0. The molecule has 0 unspecified atom stereocenters. The van der Waals surface area contributed by atoms with Crippen LogP contribution in [-0.4, -0.2) is 26.7 Å². The Balaban J connectivity index is 3.03. The van der Waals surface area contributed by atoms with Gasteiger partial charge in [-0.05, 0) is 6.92 Å². The van der Waals surface area contributed by atoms with E-state index >= 15 is 0 Å². The van der Waals surface area contributed by atoms with Gasteiger partial charge < -0.3 is 0 Å². The predicted octanol–water partition coefficient (Wildman–Crippen LogP) is 0.545. The van der Waals surface area contributed by atoms with Gasteiger partial charge in [0.05, 0.1) is 11.6 Å². The van der Waals surface area contributed by atoms with Gasteiger partial charge in [0.25, 0.3) is 0 Å². The van der Waals surface area contributed by atoms with E-state index in [1.54, 1.807) is 14.0 Å². The topological polar surface area (TPSA) is 47.8 Å². The third-order valence-corrected chi connectivity index (χ3v) is 1.51. The zero-order chi connectivity index (χ0) is 8.43. The number of halogens is 1. The molecule has 0 bridgehead atoms. The summed E-state index contributed by atoms with van der Waals surface area (Å²) in [6.45, 7) is 1.73. The fourth-order valence-electron chi connectivity index (χ4n) is 0.825. The lowest BCUT2D eigenvalue weighted by Gasteiger charge is -1.87. The molecule has 0 spiro atoms. The summed E-state index contributed by atoms with van der Waals surface area (Å²) in [4.78, 5) is 12.4. The predicted molar refractivity (Wildman–Crippen MR) is 40.8 cm³/mol. The molecule has 0 saturated heterocycles. The SMILES string of the molecule is Cc1nn(C)nc1C(=O)CCl. The van der Waals surface area contributed by atoms with Crippen LogP contribution in [0.1, 0.15) is 16.2 Å². The summed E-state index contributed by atoms with van der Waals surface area (Å²) in [6.07, 6.45) is 0. The van der Waals surface area contributed by atoms with Crippen LogP contribution in [0.2, 0.25) is 0 Å². The summed E-state index contributed by atoms with van der Waals surface area (Å²) in [6, 6.07) is 0. The zero-order valence-corrected chi connectivity index (χ0v) is 7.09. The first-order valence-electron chi connectivity index (χ1n) is 3.12. The summed E-state index contributed by atoms with van der Waals surface area (Å²) in [5, 5.41) is 7.76. The van der Waals surface area contributed by atoms with Gasteiger partial charge in [-0.25, -0.2) is 0 Å². The van der Waals surface area contributed by atoms with Crippen molar-refractivity contribution in [1.82, 2.24) is 15.0 Å². The van der Waals surface area contributed by atoms with Crippen molar-refractivity contribution in [2.45, 2.75) is 6.92 Å². The van der Waals surface area contributed by atoms with E-state index in [4.69, 9.17) is 11.6 Å². The molecule has 1 rings (SSSR count). The van der Waals surface area contributed by atoms with Crippen molar-refractivity contribution in [2.75, 3.05) is 5.88 Å². The van der Waals surface area contributed by atoms with E-state index in [2.05, 4.69) is 10.2 Å². The van der Waals surface area contributed by atoms with Gasteiger partial charge in [0, 0.05) is 7.05 Å². The highest BCUT2D eigenvalue weighted by Crippen LogP contribution is 2.01. The first-order valence-corrected chi connectivity index (χ1v) is 3.65. The molecule has 0 amide bonds. The van der Waals surface area contributed by atoms with Gasteiger partial charge in [-0.1, -0.05) is 0 Å². The fourth-order valence-corrected chi connectivity index (χ4v) is 0.951. The standard InChI is InChI=1S/C6H8ClN3O/c1-4-6(5(11)3-7)9-10(2)8-4/h3H2,1-2H3. The molecular formula is C6H8ClN3O. The van der Waals surface area contributed by atoms with Crippen LogP contribution in [0.3, 0.4) is 0 Å². The Morgan fingerprint density at radius 2 is 2.27 bits per heavy atom. The molecule has 0 aromatic carbocycles. The number of ketones is 1. The fraction of sp³-hybridized carbons (Fsp3) is 0.500. The van der Waals surface area contributed by atoms with Gasteiger partial charge in [-0.3, -0.25) is 4.79 Å². The highest BCUT2D eigenvalue weighted by atomic mass is 35.5. The number of carbonyl (C=O) groups excluding carboxylic acids is 1. The summed E-state index contributed by atoms with van der Waals surface area (Å²) in [7, 11) is 1.66. The van der Waals surface area contributed by atoms with Gasteiger partial charge in [0.15, 0.2) is 11.5 Å². The van der Waals surface area contributed by atoms with Gasteiger partial charge in [-0.15, -0.1) is 11.6 Å². The van der Waals surface area contributed by atoms with Gasteiger partial charge in [-0.2, -0.15) is 15.0 Å². The molecule has 5 heteroatoms. The molecule has 0 fully saturated rings. The Bertz CT molecular complexity index is 281. The number of carbonyl (C=O) groups is 1. The minimum absolute atomic E-state index is 0.0421. The molecule has 0 aliphatic heterocycles. The van der Waals surface area contributed by atoms with Crippen molar-refractivity contribution in [1.29, 1.82) is 0 Å².